The Morgan fingerprint density at radius 3 is 2.63 bits per heavy atom. The average Bonchev–Trinajstić information content (AvgIpc) is 3.77. The third kappa shape index (κ3) is 7.59. The molecule has 2 aliphatic heterocycles. The Hall–Kier alpha value is -2.69. The molecular formula is C31H48N4O6. The number of nitrogens with one attached hydrogen (secondary N) is 2. The molecule has 1 aliphatic carbocycles. The Morgan fingerprint density at radius 2 is 1.98 bits per heavy atom. The minimum Gasteiger partial charge on any atom is -0.476 e. The number of ether oxygens (including phenoxy) is 2. The Morgan fingerprint density at radius 1 is 1.24 bits per heavy atom. The van der Waals surface area contributed by atoms with Gasteiger partial charge < -0.3 is 35.0 Å². The van der Waals surface area contributed by atoms with E-state index in [1.54, 1.807) is 18.7 Å². The van der Waals surface area contributed by atoms with Crippen LogP contribution in [0.4, 0.5) is 11.4 Å². The summed E-state index contributed by atoms with van der Waals surface area (Å²) in [6.45, 7) is 12.2. The lowest BCUT2D eigenvalue weighted by Crippen LogP contribution is -2.53. The van der Waals surface area contributed by atoms with Crippen molar-refractivity contribution in [3.63, 3.8) is 0 Å². The highest BCUT2D eigenvalue weighted by Gasteiger charge is 2.43. The molecular weight excluding hydrogens is 524 g/mol. The lowest BCUT2D eigenvalue weighted by Gasteiger charge is -2.39. The largest absolute Gasteiger partial charge is 0.476 e. The van der Waals surface area contributed by atoms with Crippen LogP contribution in [-0.2, 0) is 19.1 Å². The third-order valence-electron chi connectivity index (χ3n) is 8.02. The molecule has 0 radical (unpaired) electrons. The summed E-state index contributed by atoms with van der Waals surface area (Å²) in [4.78, 5) is 44.0. The molecule has 1 saturated heterocycles. The Labute approximate surface area is 244 Å². The maximum absolute atomic E-state index is 14.0. The molecule has 3 aliphatic rings. The van der Waals surface area contributed by atoms with Crippen LogP contribution in [-0.4, -0.2) is 80.0 Å². The number of rotatable bonds is 13. The zero-order valence-corrected chi connectivity index (χ0v) is 25.3. The van der Waals surface area contributed by atoms with E-state index in [1.165, 1.54) is 0 Å². The second-order valence-electron chi connectivity index (χ2n) is 12.5. The average molecular weight is 573 g/mol. The van der Waals surface area contributed by atoms with Gasteiger partial charge in [-0.3, -0.25) is 14.4 Å². The first kappa shape index (κ1) is 31.3. The molecule has 1 unspecified atom stereocenters. The standard InChI is InChI=1S/C31H48N4O6/c1-6-40-19-23(14-20(2)3)33-28(37)21-15-22(18-32-17-21)29(38)35(24-8-9-24)25-10-11-27-26(16-25)34(12-7-13-36)30(39)31(4,5)41-27/h10-11,16,20-24,32,36H,6-9,12-15,17-19H2,1-5H3,(H,33,37)/t21-,22+,23?/m0/s1. The number of benzene rings is 1. The van der Waals surface area contributed by atoms with Gasteiger partial charge in [0.2, 0.25) is 11.8 Å². The van der Waals surface area contributed by atoms with Crippen molar-refractivity contribution < 1.29 is 29.0 Å². The van der Waals surface area contributed by atoms with Crippen LogP contribution in [0.2, 0.25) is 0 Å². The van der Waals surface area contributed by atoms with Gasteiger partial charge in [-0.15, -0.1) is 0 Å². The van der Waals surface area contributed by atoms with Gasteiger partial charge in [-0.25, -0.2) is 0 Å². The van der Waals surface area contributed by atoms with Crippen LogP contribution in [0.25, 0.3) is 0 Å². The SMILES string of the molecule is CCOCC(CC(C)C)NC(=O)[C@@H]1CNC[C@H](C(=O)N(c2ccc3c(c2)N(CCCO)C(=O)C(C)(C)O3)C2CC2)C1. The van der Waals surface area contributed by atoms with Crippen LogP contribution in [0.15, 0.2) is 18.2 Å². The second-order valence-corrected chi connectivity index (χ2v) is 12.5. The van der Waals surface area contributed by atoms with E-state index in [1.807, 2.05) is 30.0 Å². The summed E-state index contributed by atoms with van der Waals surface area (Å²) >= 11 is 0. The number of amides is 3. The lowest BCUT2D eigenvalue weighted by atomic mass is 9.88. The molecule has 2 heterocycles. The van der Waals surface area contributed by atoms with Crippen LogP contribution < -0.4 is 25.2 Å². The van der Waals surface area contributed by atoms with E-state index in [0.717, 1.165) is 24.9 Å². The van der Waals surface area contributed by atoms with E-state index in [4.69, 9.17) is 9.47 Å². The predicted molar refractivity (Wildman–Crippen MR) is 158 cm³/mol. The minimum atomic E-state index is -1.02. The quantitative estimate of drug-likeness (QED) is 0.333. The summed E-state index contributed by atoms with van der Waals surface area (Å²) in [7, 11) is 0. The fourth-order valence-electron chi connectivity index (χ4n) is 5.85. The number of carbonyl (C=O) groups is 3. The van der Waals surface area contributed by atoms with Gasteiger partial charge in [-0.2, -0.15) is 0 Å². The molecule has 228 valence electrons. The fourth-order valence-corrected chi connectivity index (χ4v) is 5.85. The molecule has 0 spiro atoms. The van der Waals surface area contributed by atoms with E-state index in [0.29, 0.717) is 63.0 Å². The minimum absolute atomic E-state index is 0.00390. The van der Waals surface area contributed by atoms with E-state index < -0.39 is 5.60 Å². The molecule has 3 atom stereocenters. The zero-order chi connectivity index (χ0) is 29.7. The van der Waals surface area contributed by atoms with Crippen molar-refractivity contribution in [2.24, 2.45) is 17.8 Å². The molecule has 3 amide bonds. The normalized spacial score (nSPS) is 22.6. The van der Waals surface area contributed by atoms with Crippen LogP contribution in [0, 0.1) is 17.8 Å². The van der Waals surface area contributed by atoms with Gasteiger partial charge in [0.05, 0.1) is 30.2 Å². The molecule has 10 heteroatoms. The number of fused-ring (bicyclic) bond motifs is 1. The zero-order valence-electron chi connectivity index (χ0n) is 25.3. The van der Waals surface area contributed by atoms with Crippen molar-refractivity contribution in [3.8, 4) is 5.75 Å². The molecule has 1 aromatic rings. The first-order valence-electron chi connectivity index (χ1n) is 15.2. The summed E-state index contributed by atoms with van der Waals surface area (Å²) in [5.74, 6) is 0.147. The van der Waals surface area contributed by atoms with Gasteiger partial charge in [-0.05, 0) is 77.0 Å². The number of hydrogen-bond donors (Lipinski definition) is 3. The second kappa shape index (κ2) is 13.5. The number of aliphatic hydroxyl groups excluding tert-OH is 1. The number of aliphatic hydroxyl groups is 1. The van der Waals surface area contributed by atoms with E-state index in [9.17, 15) is 19.5 Å². The van der Waals surface area contributed by atoms with Gasteiger partial charge >= 0.3 is 0 Å². The summed E-state index contributed by atoms with van der Waals surface area (Å²) in [5.41, 5.74) is 0.320. The first-order chi connectivity index (χ1) is 19.6. The predicted octanol–water partition coefficient (Wildman–Crippen LogP) is 2.86. The summed E-state index contributed by atoms with van der Waals surface area (Å²) < 4.78 is 11.6. The summed E-state index contributed by atoms with van der Waals surface area (Å²) in [6.07, 6.45) is 3.58. The Balaban J connectivity index is 1.51. The molecule has 2 fully saturated rings. The van der Waals surface area contributed by atoms with E-state index >= 15 is 0 Å². The van der Waals surface area contributed by atoms with Crippen LogP contribution >= 0.6 is 0 Å². The highest BCUT2D eigenvalue weighted by molar-refractivity contribution is 6.04. The van der Waals surface area contributed by atoms with Crippen LogP contribution in [0.3, 0.4) is 0 Å². The topological polar surface area (TPSA) is 120 Å². The van der Waals surface area contributed by atoms with Crippen LogP contribution in [0.1, 0.15) is 66.7 Å². The highest BCUT2D eigenvalue weighted by atomic mass is 16.5. The van der Waals surface area contributed by atoms with Gasteiger partial charge in [0.15, 0.2) is 5.60 Å². The maximum Gasteiger partial charge on any atom is 0.270 e. The number of piperidine rings is 1. The summed E-state index contributed by atoms with van der Waals surface area (Å²) in [5, 5.41) is 15.9. The van der Waals surface area contributed by atoms with Crippen molar-refractivity contribution >= 4 is 29.1 Å². The van der Waals surface area contributed by atoms with Crippen molar-refractivity contribution in [3.05, 3.63) is 18.2 Å². The molecule has 1 aromatic carbocycles. The van der Waals surface area contributed by atoms with Gasteiger partial charge in [0, 0.05) is 44.6 Å². The van der Waals surface area contributed by atoms with Gasteiger partial charge in [0.25, 0.3) is 5.91 Å². The number of nitrogens with zero attached hydrogens (tertiary/aromatic N) is 2. The molecule has 3 N–H and O–H groups in total. The Kier molecular flexibility index (Phi) is 10.3. The summed E-state index contributed by atoms with van der Waals surface area (Å²) in [6, 6.07) is 5.62. The molecule has 10 nitrogen and oxygen atoms in total. The third-order valence-corrected chi connectivity index (χ3v) is 8.02. The number of carbonyl (C=O) groups excluding carboxylic acids is 3. The van der Waals surface area contributed by atoms with Gasteiger partial charge in [0.1, 0.15) is 5.75 Å². The van der Waals surface area contributed by atoms with Crippen molar-refractivity contribution in [1.82, 2.24) is 10.6 Å². The fraction of sp³-hybridized carbons (Fsp3) is 0.710. The van der Waals surface area contributed by atoms with E-state index in [2.05, 4.69) is 24.5 Å². The molecule has 0 aromatic heterocycles. The van der Waals surface area contributed by atoms with E-state index in [-0.39, 0.29) is 48.2 Å². The first-order valence-corrected chi connectivity index (χ1v) is 15.2. The molecule has 4 rings (SSSR count). The number of anilines is 2. The smallest absolute Gasteiger partial charge is 0.270 e. The highest BCUT2D eigenvalue weighted by Crippen LogP contribution is 2.43. The van der Waals surface area contributed by atoms with Crippen molar-refractivity contribution in [2.45, 2.75) is 84.4 Å². The van der Waals surface area contributed by atoms with Crippen molar-refractivity contribution in [2.75, 3.05) is 49.3 Å². The lowest BCUT2D eigenvalue weighted by molar-refractivity contribution is -0.132. The number of hydrogen-bond acceptors (Lipinski definition) is 7. The molecule has 1 saturated carbocycles. The molecule has 0 bridgehead atoms. The van der Waals surface area contributed by atoms with Crippen LogP contribution in [0.5, 0.6) is 5.75 Å². The Bertz CT molecular complexity index is 1090. The molecule has 41 heavy (non-hydrogen) atoms. The van der Waals surface area contributed by atoms with Gasteiger partial charge in [-0.1, -0.05) is 13.8 Å². The van der Waals surface area contributed by atoms with Crippen molar-refractivity contribution in [1.29, 1.82) is 0 Å². The maximum atomic E-state index is 14.0. The monoisotopic (exact) mass is 572 g/mol.